The molecule has 0 saturated heterocycles. The Balaban J connectivity index is 1.27. The number of benzene rings is 2. The van der Waals surface area contributed by atoms with E-state index in [1.807, 2.05) is 0 Å². The van der Waals surface area contributed by atoms with Gasteiger partial charge in [0.15, 0.2) is 17.3 Å². The predicted octanol–water partition coefficient (Wildman–Crippen LogP) is 5.44. The third kappa shape index (κ3) is 5.53. The van der Waals surface area contributed by atoms with Gasteiger partial charge in [-0.05, 0) is 72.4 Å². The first-order valence-electron chi connectivity index (χ1n) is 13.9. The lowest BCUT2D eigenvalue weighted by Gasteiger charge is -2.08. The Kier molecular flexibility index (Phi) is 6.69. The molecule has 10 nitrogen and oxygen atoms in total. The number of aryl methyl sites for hydroxylation is 1. The Hall–Kier alpha value is -5.04. The third-order valence-corrected chi connectivity index (χ3v) is 8.50. The van der Waals surface area contributed by atoms with Crippen LogP contribution in [0, 0.1) is 17.6 Å². The number of nitrogens with one attached hydrogen (secondary N) is 3. The number of H-pyrrole nitrogens is 2. The number of pyridine rings is 2. The van der Waals surface area contributed by atoms with Crippen LogP contribution in [0.3, 0.4) is 0 Å². The lowest BCUT2D eigenvalue weighted by Crippen LogP contribution is -2.13. The Morgan fingerprint density at radius 3 is 2.68 bits per heavy atom. The minimum atomic E-state index is -3.22. The molecule has 1 fully saturated rings. The van der Waals surface area contributed by atoms with Crippen molar-refractivity contribution in [3.8, 4) is 33.8 Å². The van der Waals surface area contributed by atoms with E-state index in [1.54, 1.807) is 42.9 Å². The van der Waals surface area contributed by atoms with E-state index in [1.165, 1.54) is 18.2 Å². The zero-order valence-corrected chi connectivity index (χ0v) is 24.2. The van der Waals surface area contributed by atoms with E-state index >= 15 is 4.39 Å². The molecule has 13 heteroatoms. The van der Waals surface area contributed by atoms with Crippen LogP contribution in [0.2, 0.25) is 0 Å². The van der Waals surface area contributed by atoms with Crippen LogP contribution in [-0.2, 0) is 21.1 Å². The third-order valence-electron chi connectivity index (χ3n) is 7.56. The van der Waals surface area contributed by atoms with E-state index in [2.05, 4.69) is 35.5 Å². The number of amides is 1. The van der Waals surface area contributed by atoms with E-state index in [0.717, 1.165) is 19.1 Å². The standard InChI is InChI=1S/C31H25F2N7O3S/c1-44(42,43)7-5-16-8-19(10-21(32)9-16)23-4-6-35-29-27(23)37-30(38-29)28-24-12-18(13-25(33)26(24)39-40-28)20-11-22(15-34-14-20)36-31(41)17-2-3-17/h4,6,8-15,17H,2-3,5,7H2,1H3,(H,36,41)(H,39,40)(H,35,37,38). The summed E-state index contributed by atoms with van der Waals surface area (Å²) in [5.41, 5.74) is 4.76. The molecular weight excluding hydrogens is 588 g/mol. The summed E-state index contributed by atoms with van der Waals surface area (Å²) in [6, 6.07) is 11.0. The Labute approximate surface area is 249 Å². The summed E-state index contributed by atoms with van der Waals surface area (Å²) in [6.07, 6.45) is 7.75. The Morgan fingerprint density at radius 2 is 1.89 bits per heavy atom. The summed E-state index contributed by atoms with van der Waals surface area (Å²) in [5, 5.41) is 10.4. The first-order valence-corrected chi connectivity index (χ1v) is 15.9. The van der Waals surface area contributed by atoms with Crippen molar-refractivity contribution in [1.29, 1.82) is 0 Å². The molecule has 222 valence electrons. The number of halogens is 2. The Bertz CT molecular complexity index is 2210. The smallest absolute Gasteiger partial charge is 0.227 e. The topological polar surface area (TPSA) is 146 Å². The number of fused-ring (bicyclic) bond motifs is 2. The lowest BCUT2D eigenvalue weighted by molar-refractivity contribution is -0.117. The highest BCUT2D eigenvalue weighted by Gasteiger charge is 2.29. The quantitative estimate of drug-likeness (QED) is 0.207. The molecule has 0 radical (unpaired) electrons. The second-order valence-corrected chi connectivity index (χ2v) is 13.3. The molecule has 4 aromatic heterocycles. The first kappa shape index (κ1) is 27.8. The molecule has 7 rings (SSSR count). The van der Waals surface area contributed by atoms with Crippen molar-refractivity contribution in [2.75, 3.05) is 17.3 Å². The van der Waals surface area contributed by atoms with Gasteiger partial charge < -0.3 is 10.3 Å². The van der Waals surface area contributed by atoms with Crippen LogP contribution in [0.4, 0.5) is 14.5 Å². The number of aromatic amines is 2. The minimum Gasteiger partial charge on any atom is -0.335 e. The molecule has 1 aliphatic carbocycles. The van der Waals surface area contributed by atoms with Crippen LogP contribution in [-0.4, -0.2) is 56.5 Å². The van der Waals surface area contributed by atoms with Crippen LogP contribution >= 0.6 is 0 Å². The zero-order chi connectivity index (χ0) is 30.6. The van der Waals surface area contributed by atoms with Gasteiger partial charge >= 0.3 is 0 Å². The highest BCUT2D eigenvalue weighted by Crippen LogP contribution is 2.35. The number of aromatic nitrogens is 6. The van der Waals surface area contributed by atoms with Crippen molar-refractivity contribution in [2.45, 2.75) is 19.3 Å². The molecule has 0 aliphatic heterocycles. The van der Waals surface area contributed by atoms with Gasteiger partial charge in [0.2, 0.25) is 5.91 Å². The van der Waals surface area contributed by atoms with Crippen molar-refractivity contribution in [2.24, 2.45) is 5.92 Å². The number of hydrogen-bond donors (Lipinski definition) is 3. The fourth-order valence-corrected chi connectivity index (χ4v) is 5.81. The summed E-state index contributed by atoms with van der Waals surface area (Å²) in [7, 11) is -3.22. The van der Waals surface area contributed by atoms with Crippen LogP contribution in [0.5, 0.6) is 0 Å². The molecule has 1 aliphatic rings. The van der Waals surface area contributed by atoms with Crippen molar-refractivity contribution >= 4 is 43.5 Å². The number of hydrogen-bond acceptors (Lipinski definition) is 7. The van der Waals surface area contributed by atoms with Gasteiger partial charge in [0.05, 0.1) is 23.2 Å². The second-order valence-electron chi connectivity index (χ2n) is 11.0. The average molecular weight is 614 g/mol. The molecule has 0 atom stereocenters. The van der Waals surface area contributed by atoms with Gasteiger partial charge in [0.1, 0.15) is 26.9 Å². The molecule has 44 heavy (non-hydrogen) atoms. The van der Waals surface area contributed by atoms with Crippen molar-refractivity contribution in [3.05, 3.63) is 78.3 Å². The van der Waals surface area contributed by atoms with Crippen molar-refractivity contribution in [3.63, 3.8) is 0 Å². The summed E-state index contributed by atoms with van der Waals surface area (Å²) in [5.74, 6) is -0.827. The number of anilines is 1. The van der Waals surface area contributed by atoms with Crippen LogP contribution in [0.1, 0.15) is 18.4 Å². The molecule has 0 spiro atoms. The van der Waals surface area contributed by atoms with Crippen LogP contribution in [0.15, 0.2) is 61.1 Å². The number of rotatable bonds is 8. The fourth-order valence-electron chi connectivity index (χ4n) is 5.20. The average Bonchev–Trinajstić information content (AvgIpc) is 3.61. The molecule has 3 N–H and O–H groups in total. The van der Waals surface area contributed by atoms with Gasteiger partial charge in [-0.25, -0.2) is 27.2 Å². The van der Waals surface area contributed by atoms with Gasteiger partial charge in [-0.1, -0.05) is 6.07 Å². The maximum Gasteiger partial charge on any atom is 0.227 e. The van der Waals surface area contributed by atoms with Gasteiger partial charge in [0.25, 0.3) is 0 Å². The van der Waals surface area contributed by atoms with Gasteiger partial charge in [-0.15, -0.1) is 0 Å². The fraction of sp³-hybridized carbons (Fsp3) is 0.194. The van der Waals surface area contributed by atoms with E-state index in [-0.39, 0.29) is 29.5 Å². The minimum absolute atomic E-state index is 0.0302. The second kappa shape index (κ2) is 10.6. The normalized spacial score (nSPS) is 13.5. The number of carbonyl (C=O) groups excluding carboxylic acids is 1. The van der Waals surface area contributed by atoms with E-state index < -0.39 is 21.5 Å². The largest absolute Gasteiger partial charge is 0.335 e. The number of imidazole rings is 1. The van der Waals surface area contributed by atoms with E-state index in [0.29, 0.717) is 61.6 Å². The lowest BCUT2D eigenvalue weighted by atomic mass is 10.0. The molecule has 0 bridgehead atoms. The summed E-state index contributed by atoms with van der Waals surface area (Å²) < 4.78 is 53.2. The molecular formula is C31H25F2N7O3S. The van der Waals surface area contributed by atoms with Crippen LogP contribution < -0.4 is 5.32 Å². The predicted molar refractivity (Wildman–Crippen MR) is 162 cm³/mol. The molecule has 1 saturated carbocycles. The number of nitrogens with zero attached hydrogens (tertiary/aromatic N) is 4. The van der Waals surface area contributed by atoms with E-state index in [4.69, 9.17) is 0 Å². The van der Waals surface area contributed by atoms with Gasteiger partial charge in [0, 0.05) is 41.1 Å². The summed E-state index contributed by atoms with van der Waals surface area (Å²) >= 11 is 0. The number of sulfone groups is 1. The number of carbonyl (C=O) groups is 1. The van der Waals surface area contributed by atoms with Crippen LogP contribution in [0.25, 0.3) is 55.8 Å². The van der Waals surface area contributed by atoms with Crippen molar-refractivity contribution < 1.29 is 22.0 Å². The maximum absolute atomic E-state index is 15.3. The monoisotopic (exact) mass is 613 g/mol. The molecule has 4 heterocycles. The van der Waals surface area contributed by atoms with Crippen molar-refractivity contribution in [1.82, 2.24) is 30.1 Å². The molecule has 1 amide bonds. The van der Waals surface area contributed by atoms with Gasteiger partial charge in [-0.2, -0.15) is 5.10 Å². The maximum atomic E-state index is 15.3. The molecule has 6 aromatic rings. The highest BCUT2D eigenvalue weighted by atomic mass is 32.2. The molecule has 0 unspecified atom stereocenters. The van der Waals surface area contributed by atoms with E-state index in [9.17, 15) is 17.6 Å². The zero-order valence-electron chi connectivity index (χ0n) is 23.4. The first-order chi connectivity index (χ1) is 21.1. The highest BCUT2D eigenvalue weighted by molar-refractivity contribution is 7.90. The van der Waals surface area contributed by atoms with Gasteiger partial charge in [-0.3, -0.25) is 14.9 Å². The Morgan fingerprint density at radius 1 is 1.05 bits per heavy atom. The summed E-state index contributed by atoms with van der Waals surface area (Å²) in [4.78, 5) is 28.7. The SMILES string of the molecule is CS(=O)(=O)CCc1cc(F)cc(-c2ccnc3nc(-c4[nH]nc5c(F)cc(-c6cncc(NC(=O)C7CC7)c6)cc45)[nH]c23)c1. The summed E-state index contributed by atoms with van der Waals surface area (Å²) in [6.45, 7) is 0. The molecule has 2 aromatic carbocycles.